The number of carbonyl (C=O) groups excluding carboxylic acids is 6. The summed E-state index contributed by atoms with van der Waals surface area (Å²) in [6, 6.07) is 25.4. The number of carbonyl (C=O) groups is 6. The number of nitrogens with zero attached hydrogens (tertiary/aromatic N) is 2. The van der Waals surface area contributed by atoms with Crippen LogP contribution in [-0.4, -0.2) is 85.0 Å². The second-order valence-corrected chi connectivity index (χ2v) is 18.1. The average molecular weight is 843 g/mol. The summed E-state index contributed by atoms with van der Waals surface area (Å²) in [5.74, 6) is -0.739. The molecule has 0 saturated carbocycles. The highest BCUT2D eigenvalue weighted by Gasteiger charge is 2.44. The molecule has 0 radical (unpaired) electrons. The minimum atomic E-state index is -0.788. The molecule has 12 heteroatoms. The van der Waals surface area contributed by atoms with E-state index in [0.717, 1.165) is 59.7 Å². The van der Waals surface area contributed by atoms with E-state index in [1.165, 1.54) is 13.8 Å². The Hall–Kier alpha value is -4.42. The highest BCUT2D eigenvalue weighted by Crippen LogP contribution is 2.39. The number of likely N-dealkylation sites (tertiary alicyclic amines) is 1. The van der Waals surface area contributed by atoms with E-state index in [-0.39, 0.29) is 53.5 Å². The number of amides is 4. The van der Waals surface area contributed by atoms with Crippen LogP contribution in [0.25, 0.3) is 0 Å². The number of nitrogens with one attached hydrogen (secondary N) is 2. The van der Waals surface area contributed by atoms with Gasteiger partial charge in [0.05, 0.1) is 22.6 Å². The maximum absolute atomic E-state index is 13.8. The molecule has 3 heterocycles. The molecule has 318 valence electrons. The lowest BCUT2D eigenvalue weighted by molar-refractivity contribution is -0.146. The van der Waals surface area contributed by atoms with Crippen molar-refractivity contribution in [3.63, 3.8) is 0 Å². The van der Waals surface area contributed by atoms with Gasteiger partial charge in [-0.1, -0.05) is 104 Å². The molecule has 2 fully saturated rings. The standard InChI is InChI=1S/C27H30N2O4S.C19H28N2O2S.CH4/c1-17(30)23-13-8-14-24-21-12-7-6-11-20(21)16-22(27(33)29(23)24)28-26(32)25(34-18(2)31)15-19-9-4-3-5-10-19;1-4-21-18(23)15(11-8-12-19(21,2)3)20-17(22)16(24)13-14-9-6-5-7-10-14;/h3-7,9-12,22-25H,8,13-16H2,1-2H3,(H,28,32);5-7,9-10,15-16,24H,4,8,11-13H2,1-3H3,(H,20,22);1H4/t22-,23-,24+,25-;15-,16-;/m00./s1. The molecule has 6 rings (SSSR count). The zero-order valence-corrected chi connectivity index (χ0v) is 36.0. The monoisotopic (exact) mass is 842 g/mol. The third-order valence-corrected chi connectivity index (χ3v) is 12.9. The zero-order chi connectivity index (χ0) is 42.0. The van der Waals surface area contributed by atoms with Crippen molar-refractivity contribution < 1.29 is 28.8 Å². The van der Waals surface area contributed by atoms with Crippen molar-refractivity contribution in [3.05, 3.63) is 107 Å². The number of hydrogen-bond donors (Lipinski definition) is 3. The van der Waals surface area contributed by atoms with E-state index in [1.54, 1.807) is 4.90 Å². The number of ketones is 1. The summed E-state index contributed by atoms with van der Waals surface area (Å²) in [6.07, 6.45) is 6.18. The molecule has 0 bridgehead atoms. The minimum absolute atomic E-state index is 0. The average Bonchev–Trinajstić information content (AvgIpc) is 3.38. The molecule has 59 heavy (non-hydrogen) atoms. The Kier molecular flexibility index (Phi) is 17.4. The van der Waals surface area contributed by atoms with Crippen molar-refractivity contribution in [2.75, 3.05) is 6.54 Å². The van der Waals surface area contributed by atoms with Crippen molar-refractivity contribution in [2.45, 2.75) is 140 Å². The van der Waals surface area contributed by atoms with Gasteiger partial charge in [0.1, 0.15) is 12.1 Å². The first-order valence-electron chi connectivity index (χ1n) is 20.5. The van der Waals surface area contributed by atoms with Gasteiger partial charge in [0.15, 0.2) is 10.9 Å². The minimum Gasteiger partial charge on any atom is -0.343 e. The van der Waals surface area contributed by atoms with Crippen LogP contribution < -0.4 is 10.6 Å². The molecule has 0 unspecified atom stereocenters. The Morgan fingerprint density at radius 2 is 1.37 bits per heavy atom. The summed E-state index contributed by atoms with van der Waals surface area (Å²) < 4.78 is 0. The van der Waals surface area contributed by atoms with E-state index in [4.69, 9.17) is 0 Å². The number of piperidine rings is 1. The SMILES string of the molecule is C.CC(=O)S[C@@H](Cc1ccccc1)C(=O)N[C@H]1Cc2ccccc2[C@H]2CCC[C@@H](C(C)=O)N2C1=O.CCN1C(=O)[C@@H](NC(=O)[C@@H](S)Cc2ccccc2)CCCC1(C)C. The summed E-state index contributed by atoms with van der Waals surface area (Å²) in [5.41, 5.74) is 3.92. The quantitative estimate of drug-likeness (QED) is 0.176. The molecule has 0 spiro atoms. The molecule has 0 aromatic heterocycles. The van der Waals surface area contributed by atoms with Gasteiger partial charge in [-0.05, 0) is 101 Å². The lowest BCUT2D eigenvalue weighted by atomic mass is 9.88. The van der Waals surface area contributed by atoms with Gasteiger partial charge in [-0.2, -0.15) is 12.6 Å². The van der Waals surface area contributed by atoms with E-state index < -0.39 is 28.6 Å². The van der Waals surface area contributed by atoms with Crippen molar-refractivity contribution in [1.82, 2.24) is 20.4 Å². The molecule has 6 atom stereocenters. The van der Waals surface area contributed by atoms with Crippen molar-refractivity contribution in [1.29, 1.82) is 0 Å². The Morgan fingerprint density at radius 1 is 0.780 bits per heavy atom. The van der Waals surface area contributed by atoms with Crippen LogP contribution in [0.15, 0.2) is 84.9 Å². The maximum atomic E-state index is 13.8. The lowest BCUT2D eigenvalue weighted by Gasteiger charge is -2.41. The number of fused-ring (bicyclic) bond motifs is 3. The van der Waals surface area contributed by atoms with Crippen LogP contribution in [0.5, 0.6) is 0 Å². The van der Waals surface area contributed by atoms with E-state index in [2.05, 4.69) is 37.1 Å². The number of rotatable bonds is 11. The van der Waals surface area contributed by atoms with Gasteiger partial charge in [0.2, 0.25) is 23.6 Å². The van der Waals surface area contributed by atoms with E-state index in [9.17, 15) is 28.8 Å². The third-order valence-electron chi connectivity index (χ3n) is 11.5. The third kappa shape index (κ3) is 12.3. The van der Waals surface area contributed by atoms with Crippen LogP contribution in [0.4, 0.5) is 0 Å². The van der Waals surface area contributed by atoms with Gasteiger partial charge in [-0.25, -0.2) is 0 Å². The fraction of sp³-hybridized carbons (Fsp3) is 0.489. The van der Waals surface area contributed by atoms with Gasteiger partial charge >= 0.3 is 0 Å². The van der Waals surface area contributed by atoms with Crippen LogP contribution in [0.3, 0.4) is 0 Å². The number of thiol groups is 1. The predicted molar refractivity (Wildman–Crippen MR) is 239 cm³/mol. The maximum Gasteiger partial charge on any atom is 0.246 e. The van der Waals surface area contributed by atoms with Crippen molar-refractivity contribution >= 4 is 58.9 Å². The van der Waals surface area contributed by atoms with Gasteiger partial charge in [0.25, 0.3) is 0 Å². The largest absolute Gasteiger partial charge is 0.343 e. The van der Waals surface area contributed by atoms with Gasteiger partial charge in [-0.15, -0.1) is 0 Å². The van der Waals surface area contributed by atoms with Gasteiger partial charge < -0.3 is 20.4 Å². The summed E-state index contributed by atoms with van der Waals surface area (Å²) in [6.45, 7) is 9.81. The van der Waals surface area contributed by atoms with Crippen LogP contribution >= 0.6 is 24.4 Å². The fourth-order valence-electron chi connectivity index (χ4n) is 8.54. The number of likely N-dealkylation sites (N-methyl/N-ethyl adjacent to an activating group) is 1. The molecule has 3 aromatic carbocycles. The first kappa shape index (κ1) is 47.3. The second kappa shape index (κ2) is 21.7. The summed E-state index contributed by atoms with van der Waals surface area (Å²) in [5, 5.41) is 4.63. The first-order valence-corrected chi connectivity index (χ1v) is 21.9. The number of hydrogen-bond acceptors (Lipinski definition) is 8. The van der Waals surface area contributed by atoms with E-state index >= 15 is 0 Å². The van der Waals surface area contributed by atoms with E-state index in [0.29, 0.717) is 38.6 Å². The molecule has 3 aliphatic heterocycles. The molecular weight excluding hydrogens is 781 g/mol. The van der Waals surface area contributed by atoms with Crippen LogP contribution in [0.1, 0.15) is 109 Å². The normalized spacial score (nSPS) is 22.0. The van der Waals surface area contributed by atoms with Gasteiger partial charge in [-0.3, -0.25) is 28.8 Å². The fourth-order valence-corrected chi connectivity index (χ4v) is 9.67. The van der Waals surface area contributed by atoms with Crippen LogP contribution in [0.2, 0.25) is 0 Å². The Balaban J connectivity index is 0.000000272. The molecule has 4 amide bonds. The molecule has 10 nitrogen and oxygen atoms in total. The Labute approximate surface area is 360 Å². The van der Waals surface area contributed by atoms with Gasteiger partial charge in [0, 0.05) is 25.4 Å². The predicted octanol–water partition coefficient (Wildman–Crippen LogP) is 7.09. The van der Waals surface area contributed by atoms with Crippen molar-refractivity contribution in [3.8, 4) is 0 Å². The van der Waals surface area contributed by atoms with Crippen molar-refractivity contribution in [2.24, 2.45) is 0 Å². The molecule has 0 aliphatic carbocycles. The van der Waals surface area contributed by atoms with Crippen LogP contribution in [0, 0.1) is 0 Å². The number of Topliss-reactive ketones (excluding diaryl/α,β-unsaturated/α-hetero) is 1. The Morgan fingerprint density at radius 3 is 1.98 bits per heavy atom. The van der Waals surface area contributed by atoms with Crippen LogP contribution in [-0.2, 0) is 48.0 Å². The molecule has 2 N–H and O–H groups in total. The lowest BCUT2D eigenvalue weighted by Crippen LogP contribution is -2.56. The molecular formula is C47H62N4O6S2. The topological polar surface area (TPSA) is 133 Å². The summed E-state index contributed by atoms with van der Waals surface area (Å²) >= 11 is 5.42. The number of benzene rings is 3. The Bertz CT molecular complexity index is 1930. The highest BCUT2D eigenvalue weighted by molar-refractivity contribution is 8.14. The molecule has 3 aromatic rings. The summed E-state index contributed by atoms with van der Waals surface area (Å²) in [4.78, 5) is 80.4. The summed E-state index contributed by atoms with van der Waals surface area (Å²) in [7, 11) is 0. The first-order chi connectivity index (χ1) is 27.7. The number of thioether (sulfide) groups is 1. The molecule has 3 aliphatic rings. The zero-order valence-electron chi connectivity index (χ0n) is 34.3. The molecule has 2 saturated heterocycles. The second-order valence-electron chi connectivity index (χ2n) is 16.1. The van der Waals surface area contributed by atoms with E-state index in [1.807, 2.05) is 96.8 Å². The smallest absolute Gasteiger partial charge is 0.246 e. The highest BCUT2D eigenvalue weighted by atomic mass is 32.2.